The summed E-state index contributed by atoms with van der Waals surface area (Å²) in [7, 11) is 0. The summed E-state index contributed by atoms with van der Waals surface area (Å²) < 4.78 is 0. The van der Waals surface area contributed by atoms with E-state index in [4.69, 9.17) is 11.1 Å². The molecule has 0 aliphatic heterocycles. The highest BCUT2D eigenvalue weighted by molar-refractivity contribution is 6.01. The Hall–Kier alpha value is -1.51. The van der Waals surface area contributed by atoms with E-state index in [1.165, 1.54) is 0 Å². The molecule has 1 aromatic rings. The van der Waals surface area contributed by atoms with E-state index in [0.29, 0.717) is 11.5 Å². The molecular weight excluding hydrogens is 174 g/mol. The van der Waals surface area contributed by atoms with Gasteiger partial charge in [-0.05, 0) is 32.9 Å². The SMILES string of the molecule is CC(C)(C)NC(=N)c1ccccc1N. The number of benzene rings is 1. The highest BCUT2D eigenvalue weighted by Gasteiger charge is 2.13. The molecule has 1 aromatic carbocycles. The highest BCUT2D eigenvalue weighted by Crippen LogP contribution is 2.11. The fourth-order valence-electron chi connectivity index (χ4n) is 1.17. The van der Waals surface area contributed by atoms with Crippen LogP contribution in [0.15, 0.2) is 24.3 Å². The van der Waals surface area contributed by atoms with Crippen LogP contribution in [0.2, 0.25) is 0 Å². The van der Waals surface area contributed by atoms with Gasteiger partial charge in [0.1, 0.15) is 5.84 Å². The van der Waals surface area contributed by atoms with Gasteiger partial charge in [0.25, 0.3) is 0 Å². The van der Waals surface area contributed by atoms with Gasteiger partial charge in [-0.25, -0.2) is 0 Å². The Balaban J connectivity index is 2.86. The van der Waals surface area contributed by atoms with Crippen LogP contribution in [-0.4, -0.2) is 11.4 Å². The van der Waals surface area contributed by atoms with Crippen molar-refractivity contribution in [1.29, 1.82) is 5.41 Å². The Kier molecular flexibility index (Phi) is 2.79. The van der Waals surface area contributed by atoms with Crippen LogP contribution in [0.5, 0.6) is 0 Å². The van der Waals surface area contributed by atoms with Crippen molar-refractivity contribution in [3.63, 3.8) is 0 Å². The number of hydrogen-bond acceptors (Lipinski definition) is 2. The van der Waals surface area contributed by atoms with E-state index in [0.717, 1.165) is 5.56 Å². The van der Waals surface area contributed by atoms with E-state index in [2.05, 4.69) is 5.32 Å². The van der Waals surface area contributed by atoms with Gasteiger partial charge in [-0.3, -0.25) is 5.41 Å². The zero-order chi connectivity index (χ0) is 10.8. The molecule has 0 fully saturated rings. The van der Waals surface area contributed by atoms with Crippen molar-refractivity contribution in [1.82, 2.24) is 5.32 Å². The first-order valence-electron chi connectivity index (χ1n) is 4.62. The van der Waals surface area contributed by atoms with Gasteiger partial charge in [-0.2, -0.15) is 0 Å². The maximum atomic E-state index is 7.84. The molecule has 0 saturated carbocycles. The maximum absolute atomic E-state index is 7.84. The molecule has 0 spiro atoms. The molecule has 0 atom stereocenters. The Labute approximate surface area is 84.8 Å². The lowest BCUT2D eigenvalue weighted by Gasteiger charge is -2.23. The number of nitrogens with one attached hydrogen (secondary N) is 2. The van der Waals surface area contributed by atoms with Crippen LogP contribution < -0.4 is 11.1 Å². The summed E-state index contributed by atoms with van der Waals surface area (Å²) in [4.78, 5) is 0. The van der Waals surface area contributed by atoms with Gasteiger partial charge in [0, 0.05) is 16.8 Å². The molecule has 14 heavy (non-hydrogen) atoms. The third-order valence-corrected chi connectivity index (χ3v) is 1.73. The number of hydrogen-bond donors (Lipinski definition) is 3. The molecule has 0 heterocycles. The molecule has 0 aromatic heterocycles. The van der Waals surface area contributed by atoms with Crippen LogP contribution in [0.3, 0.4) is 0 Å². The molecule has 3 nitrogen and oxygen atoms in total. The predicted octanol–water partition coefficient (Wildman–Crippen LogP) is 1.98. The van der Waals surface area contributed by atoms with Crippen LogP contribution in [0.4, 0.5) is 5.69 Å². The van der Waals surface area contributed by atoms with E-state index >= 15 is 0 Å². The van der Waals surface area contributed by atoms with Crippen molar-refractivity contribution in [2.75, 3.05) is 5.73 Å². The fraction of sp³-hybridized carbons (Fsp3) is 0.364. The fourth-order valence-corrected chi connectivity index (χ4v) is 1.17. The average molecular weight is 191 g/mol. The van der Waals surface area contributed by atoms with Crippen LogP contribution in [-0.2, 0) is 0 Å². The number of nitrogens with two attached hydrogens (primary N) is 1. The number of amidine groups is 1. The average Bonchev–Trinajstić information content (AvgIpc) is 2.01. The first-order valence-corrected chi connectivity index (χ1v) is 4.62. The van der Waals surface area contributed by atoms with Gasteiger partial charge < -0.3 is 11.1 Å². The molecule has 76 valence electrons. The molecule has 0 unspecified atom stereocenters. The van der Waals surface area contributed by atoms with Gasteiger partial charge in [0.05, 0.1) is 0 Å². The number of rotatable bonds is 1. The van der Waals surface area contributed by atoms with E-state index in [1.807, 2.05) is 39.0 Å². The second-order valence-electron chi connectivity index (χ2n) is 4.34. The van der Waals surface area contributed by atoms with Crippen molar-refractivity contribution in [2.45, 2.75) is 26.3 Å². The number of nitrogen functional groups attached to an aromatic ring is 1. The van der Waals surface area contributed by atoms with E-state index in [9.17, 15) is 0 Å². The predicted molar refractivity (Wildman–Crippen MR) is 60.6 cm³/mol. The topological polar surface area (TPSA) is 61.9 Å². The lowest BCUT2D eigenvalue weighted by molar-refractivity contribution is 0.511. The maximum Gasteiger partial charge on any atom is 0.127 e. The smallest absolute Gasteiger partial charge is 0.127 e. The summed E-state index contributed by atoms with van der Waals surface area (Å²) in [5.41, 5.74) is 7.03. The molecule has 0 radical (unpaired) electrons. The second kappa shape index (κ2) is 3.70. The van der Waals surface area contributed by atoms with Crippen molar-refractivity contribution < 1.29 is 0 Å². The van der Waals surface area contributed by atoms with Crippen LogP contribution >= 0.6 is 0 Å². The summed E-state index contributed by atoms with van der Waals surface area (Å²) in [5.74, 6) is 0.371. The van der Waals surface area contributed by atoms with Crippen LogP contribution in [0.25, 0.3) is 0 Å². The minimum Gasteiger partial charge on any atom is -0.398 e. The Bertz CT molecular complexity index is 337. The minimum absolute atomic E-state index is 0.112. The van der Waals surface area contributed by atoms with Gasteiger partial charge in [-0.15, -0.1) is 0 Å². The van der Waals surface area contributed by atoms with Gasteiger partial charge >= 0.3 is 0 Å². The van der Waals surface area contributed by atoms with Gasteiger partial charge in [-0.1, -0.05) is 12.1 Å². The minimum atomic E-state index is -0.112. The second-order valence-corrected chi connectivity index (χ2v) is 4.34. The summed E-state index contributed by atoms with van der Waals surface area (Å²) >= 11 is 0. The largest absolute Gasteiger partial charge is 0.398 e. The summed E-state index contributed by atoms with van der Waals surface area (Å²) in [6.45, 7) is 6.04. The van der Waals surface area contributed by atoms with Gasteiger partial charge in [0.2, 0.25) is 0 Å². The standard InChI is InChI=1S/C11H17N3/c1-11(2,3)14-10(13)8-6-4-5-7-9(8)12/h4-7H,12H2,1-3H3,(H2,13,14). The summed E-state index contributed by atoms with van der Waals surface area (Å²) in [6, 6.07) is 7.39. The van der Waals surface area contributed by atoms with Crippen LogP contribution in [0.1, 0.15) is 26.3 Å². The zero-order valence-corrected chi connectivity index (χ0v) is 8.89. The summed E-state index contributed by atoms with van der Waals surface area (Å²) in [5, 5.41) is 10.9. The molecule has 4 N–H and O–H groups in total. The van der Waals surface area contributed by atoms with Crippen molar-refractivity contribution >= 4 is 11.5 Å². The van der Waals surface area contributed by atoms with Crippen molar-refractivity contribution in [3.05, 3.63) is 29.8 Å². The lowest BCUT2D eigenvalue weighted by Crippen LogP contribution is -2.40. The molecule has 0 amide bonds. The Morgan fingerprint density at radius 2 is 1.86 bits per heavy atom. The first-order chi connectivity index (χ1) is 6.40. The Morgan fingerprint density at radius 3 is 2.36 bits per heavy atom. The Morgan fingerprint density at radius 1 is 1.29 bits per heavy atom. The zero-order valence-electron chi connectivity index (χ0n) is 8.89. The van der Waals surface area contributed by atoms with Crippen LogP contribution in [0, 0.1) is 5.41 Å². The number of anilines is 1. The quantitative estimate of drug-likeness (QED) is 0.361. The van der Waals surface area contributed by atoms with E-state index < -0.39 is 0 Å². The molecule has 1 rings (SSSR count). The third-order valence-electron chi connectivity index (χ3n) is 1.73. The first kappa shape index (κ1) is 10.6. The molecule has 0 saturated heterocycles. The van der Waals surface area contributed by atoms with E-state index in [-0.39, 0.29) is 5.54 Å². The molecule has 3 heteroatoms. The normalized spacial score (nSPS) is 11.1. The summed E-state index contributed by atoms with van der Waals surface area (Å²) in [6.07, 6.45) is 0. The van der Waals surface area contributed by atoms with Crippen molar-refractivity contribution in [2.24, 2.45) is 0 Å². The van der Waals surface area contributed by atoms with Crippen molar-refractivity contribution in [3.8, 4) is 0 Å². The van der Waals surface area contributed by atoms with E-state index in [1.54, 1.807) is 6.07 Å². The van der Waals surface area contributed by atoms with Gasteiger partial charge in [0.15, 0.2) is 0 Å². The highest BCUT2D eigenvalue weighted by atomic mass is 15.0. The molecule has 0 bridgehead atoms. The lowest BCUT2D eigenvalue weighted by atomic mass is 10.1. The third kappa shape index (κ3) is 2.76. The molecule has 0 aliphatic carbocycles. The number of para-hydroxylation sites is 1. The monoisotopic (exact) mass is 191 g/mol. The molecular formula is C11H17N3. The molecule has 0 aliphatic rings.